The summed E-state index contributed by atoms with van der Waals surface area (Å²) in [6.45, 7) is 0. The van der Waals surface area contributed by atoms with E-state index >= 15 is 0 Å². The Hall–Kier alpha value is -3.33. The quantitative estimate of drug-likeness (QED) is 0.545. The smallest absolute Gasteiger partial charge is 0.247 e. The molecule has 0 aliphatic carbocycles. The monoisotopic (exact) mass is 383 g/mol. The van der Waals surface area contributed by atoms with Crippen molar-refractivity contribution in [1.29, 1.82) is 0 Å². The molecule has 0 aliphatic heterocycles. The zero-order chi connectivity index (χ0) is 19.0. The zero-order valence-corrected chi connectivity index (χ0v) is 15.0. The van der Waals surface area contributed by atoms with E-state index in [0.29, 0.717) is 28.5 Å². The SMILES string of the molecule is CS(=O)(=O)c1cccc(-c2cccc3nc(Nc4ccc(F)nc4)nn23)c1. The standard InChI is InChI=1S/C18H14FN5O2S/c1-27(25,26)14-5-2-4-12(10-14)15-6-3-7-17-22-18(23-24(15)17)21-13-8-9-16(19)20-11-13/h2-11H,1H3,(H,21,23). The van der Waals surface area contributed by atoms with Crippen molar-refractivity contribution in [3.05, 3.63) is 66.7 Å². The number of pyridine rings is 2. The molecule has 0 fully saturated rings. The summed E-state index contributed by atoms with van der Waals surface area (Å²) in [5.41, 5.74) is 2.52. The number of aromatic nitrogens is 4. The van der Waals surface area contributed by atoms with Gasteiger partial charge in [-0.15, -0.1) is 5.10 Å². The van der Waals surface area contributed by atoms with E-state index < -0.39 is 15.8 Å². The van der Waals surface area contributed by atoms with Crippen molar-refractivity contribution in [2.75, 3.05) is 11.6 Å². The Morgan fingerprint density at radius 2 is 1.89 bits per heavy atom. The first kappa shape index (κ1) is 17.1. The number of nitrogens with one attached hydrogen (secondary N) is 1. The van der Waals surface area contributed by atoms with Gasteiger partial charge in [-0.1, -0.05) is 18.2 Å². The van der Waals surface area contributed by atoms with Crippen LogP contribution in [-0.4, -0.2) is 34.3 Å². The Balaban J connectivity index is 1.77. The Morgan fingerprint density at radius 1 is 1.07 bits per heavy atom. The largest absolute Gasteiger partial charge is 0.321 e. The van der Waals surface area contributed by atoms with Crippen molar-refractivity contribution in [3.63, 3.8) is 0 Å². The molecule has 4 aromatic rings. The van der Waals surface area contributed by atoms with Crippen LogP contribution in [0.5, 0.6) is 0 Å². The predicted octanol–water partition coefficient (Wildman–Crippen LogP) is 3.08. The number of hydrogen-bond acceptors (Lipinski definition) is 6. The van der Waals surface area contributed by atoms with Gasteiger partial charge in [-0.05, 0) is 36.4 Å². The van der Waals surface area contributed by atoms with Crippen LogP contribution in [0.1, 0.15) is 0 Å². The van der Waals surface area contributed by atoms with E-state index in [1.165, 1.54) is 24.6 Å². The molecule has 0 aliphatic rings. The molecule has 7 nitrogen and oxygen atoms in total. The second kappa shape index (κ2) is 6.44. The van der Waals surface area contributed by atoms with Gasteiger partial charge in [-0.3, -0.25) is 0 Å². The first-order valence-corrected chi connectivity index (χ1v) is 9.84. The Labute approximate surface area is 154 Å². The van der Waals surface area contributed by atoms with E-state index in [9.17, 15) is 12.8 Å². The summed E-state index contributed by atoms with van der Waals surface area (Å²) >= 11 is 0. The first-order valence-electron chi connectivity index (χ1n) is 7.95. The average Bonchev–Trinajstić information content (AvgIpc) is 3.05. The lowest BCUT2D eigenvalue weighted by Crippen LogP contribution is -1.99. The molecule has 9 heteroatoms. The van der Waals surface area contributed by atoms with Crippen LogP contribution < -0.4 is 5.32 Å². The number of anilines is 2. The van der Waals surface area contributed by atoms with E-state index in [1.807, 2.05) is 18.2 Å². The van der Waals surface area contributed by atoms with E-state index in [-0.39, 0.29) is 4.90 Å². The van der Waals surface area contributed by atoms with E-state index in [4.69, 9.17) is 0 Å². The van der Waals surface area contributed by atoms with E-state index in [2.05, 4.69) is 20.4 Å². The zero-order valence-electron chi connectivity index (χ0n) is 14.2. The Bertz CT molecular complexity index is 1240. The number of nitrogens with zero attached hydrogens (tertiary/aromatic N) is 4. The van der Waals surface area contributed by atoms with Crippen molar-refractivity contribution in [1.82, 2.24) is 19.6 Å². The molecule has 3 aromatic heterocycles. The van der Waals surface area contributed by atoms with Crippen molar-refractivity contribution in [2.45, 2.75) is 4.90 Å². The van der Waals surface area contributed by atoms with Gasteiger partial charge in [0.15, 0.2) is 15.5 Å². The molecule has 0 radical (unpaired) electrons. The summed E-state index contributed by atoms with van der Waals surface area (Å²) in [4.78, 5) is 8.20. The van der Waals surface area contributed by atoms with E-state index in [1.54, 1.807) is 28.8 Å². The Kier molecular flexibility index (Phi) is 4.08. The van der Waals surface area contributed by atoms with Crippen molar-refractivity contribution in [2.24, 2.45) is 0 Å². The lowest BCUT2D eigenvalue weighted by atomic mass is 10.1. The van der Waals surface area contributed by atoms with Crippen LogP contribution in [0, 0.1) is 5.95 Å². The van der Waals surface area contributed by atoms with Crippen LogP contribution in [0.4, 0.5) is 16.0 Å². The van der Waals surface area contributed by atoms with Gasteiger partial charge < -0.3 is 5.32 Å². The highest BCUT2D eigenvalue weighted by Crippen LogP contribution is 2.24. The fourth-order valence-electron chi connectivity index (χ4n) is 2.64. The molecule has 0 atom stereocenters. The van der Waals surface area contributed by atoms with Crippen molar-refractivity contribution >= 4 is 27.1 Å². The average molecular weight is 383 g/mol. The minimum Gasteiger partial charge on any atom is -0.321 e. The van der Waals surface area contributed by atoms with Crippen LogP contribution in [-0.2, 0) is 9.84 Å². The molecule has 0 spiro atoms. The molecule has 27 heavy (non-hydrogen) atoms. The topological polar surface area (TPSA) is 89.2 Å². The van der Waals surface area contributed by atoms with Gasteiger partial charge in [0.05, 0.1) is 22.5 Å². The minimum atomic E-state index is -3.32. The molecule has 0 unspecified atom stereocenters. The Morgan fingerprint density at radius 3 is 2.63 bits per heavy atom. The van der Waals surface area contributed by atoms with Gasteiger partial charge in [0.1, 0.15) is 0 Å². The molecule has 0 saturated carbocycles. The molecule has 136 valence electrons. The number of rotatable bonds is 4. The third-order valence-electron chi connectivity index (χ3n) is 3.90. The third kappa shape index (κ3) is 3.49. The van der Waals surface area contributed by atoms with Gasteiger partial charge in [-0.25, -0.2) is 17.9 Å². The fourth-order valence-corrected chi connectivity index (χ4v) is 3.31. The number of benzene rings is 1. The van der Waals surface area contributed by atoms with Gasteiger partial charge >= 0.3 is 0 Å². The second-order valence-electron chi connectivity index (χ2n) is 5.91. The number of halogens is 1. The van der Waals surface area contributed by atoms with Gasteiger partial charge in [0.2, 0.25) is 11.9 Å². The van der Waals surface area contributed by atoms with Crippen LogP contribution in [0.3, 0.4) is 0 Å². The maximum Gasteiger partial charge on any atom is 0.247 e. The van der Waals surface area contributed by atoms with E-state index in [0.717, 1.165) is 0 Å². The number of sulfone groups is 1. The van der Waals surface area contributed by atoms with Crippen molar-refractivity contribution < 1.29 is 12.8 Å². The predicted molar refractivity (Wildman–Crippen MR) is 99.0 cm³/mol. The van der Waals surface area contributed by atoms with Gasteiger partial charge in [0.25, 0.3) is 0 Å². The first-order chi connectivity index (χ1) is 12.9. The van der Waals surface area contributed by atoms with Gasteiger partial charge in [-0.2, -0.15) is 9.37 Å². The summed E-state index contributed by atoms with van der Waals surface area (Å²) in [6, 6.07) is 14.8. The number of hydrogen-bond donors (Lipinski definition) is 1. The van der Waals surface area contributed by atoms with Crippen molar-refractivity contribution in [3.8, 4) is 11.3 Å². The number of fused-ring (bicyclic) bond motifs is 1. The third-order valence-corrected chi connectivity index (χ3v) is 5.01. The van der Waals surface area contributed by atoms with Crippen LogP contribution in [0.25, 0.3) is 16.9 Å². The fraction of sp³-hybridized carbons (Fsp3) is 0.0556. The molecule has 0 amide bonds. The highest BCUT2D eigenvalue weighted by atomic mass is 32.2. The van der Waals surface area contributed by atoms with Crippen LogP contribution in [0.15, 0.2) is 65.7 Å². The lowest BCUT2D eigenvalue weighted by molar-refractivity contribution is 0.584. The highest BCUT2D eigenvalue weighted by Gasteiger charge is 2.12. The molecule has 3 heterocycles. The highest BCUT2D eigenvalue weighted by molar-refractivity contribution is 7.90. The summed E-state index contributed by atoms with van der Waals surface area (Å²) in [6.07, 6.45) is 2.51. The summed E-state index contributed by atoms with van der Waals surface area (Å²) in [5, 5.41) is 7.39. The second-order valence-corrected chi connectivity index (χ2v) is 7.93. The molecule has 0 bridgehead atoms. The van der Waals surface area contributed by atoms with Crippen LogP contribution in [0.2, 0.25) is 0 Å². The summed E-state index contributed by atoms with van der Waals surface area (Å²) in [7, 11) is -3.32. The maximum absolute atomic E-state index is 12.9. The molecular formula is C18H14FN5O2S. The molecule has 4 rings (SSSR count). The maximum atomic E-state index is 12.9. The minimum absolute atomic E-state index is 0.229. The lowest BCUT2D eigenvalue weighted by Gasteiger charge is -2.06. The summed E-state index contributed by atoms with van der Waals surface area (Å²) < 4.78 is 38.2. The molecule has 1 aromatic carbocycles. The molecular weight excluding hydrogens is 369 g/mol. The molecule has 1 N–H and O–H groups in total. The molecule has 0 saturated heterocycles. The summed E-state index contributed by atoms with van der Waals surface area (Å²) in [5.74, 6) is -0.258. The van der Waals surface area contributed by atoms with Crippen LogP contribution >= 0.6 is 0 Å². The normalized spacial score (nSPS) is 11.6. The van der Waals surface area contributed by atoms with Gasteiger partial charge in [0, 0.05) is 11.8 Å².